The molecule has 0 aliphatic heterocycles. The summed E-state index contributed by atoms with van der Waals surface area (Å²) in [4.78, 5) is 0. The third kappa shape index (κ3) is 1.45. The van der Waals surface area contributed by atoms with Gasteiger partial charge in [-0.25, -0.2) is 0 Å². The molecule has 0 bridgehead atoms. The van der Waals surface area contributed by atoms with Gasteiger partial charge in [-0.3, -0.25) is 0 Å². The smallest absolute Gasteiger partial charge is 0.00870 e. The molecule has 2 aliphatic rings. The topological polar surface area (TPSA) is 0 Å². The zero-order valence-corrected chi connectivity index (χ0v) is 10.6. The number of hydrogen-bond donors (Lipinski definition) is 0. The Balaban J connectivity index is 1.83. The van der Waals surface area contributed by atoms with Gasteiger partial charge in [0.1, 0.15) is 0 Å². The SMILES string of the molecule is c1ccc2c(c1)CC[C@H]1c3ccccc3CC[C@@H]21. The van der Waals surface area contributed by atoms with E-state index in [0.717, 1.165) is 11.8 Å². The van der Waals surface area contributed by atoms with E-state index in [4.69, 9.17) is 0 Å². The van der Waals surface area contributed by atoms with Crippen LogP contribution in [0.25, 0.3) is 0 Å². The minimum atomic E-state index is 0.768. The van der Waals surface area contributed by atoms with E-state index >= 15 is 0 Å². The van der Waals surface area contributed by atoms with Gasteiger partial charge in [0.2, 0.25) is 0 Å². The van der Waals surface area contributed by atoms with Crippen molar-refractivity contribution in [1.82, 2.24) is 0 Å². The summed E-state index contributed by atoms with van der Waals surface area (Å²) in [7, 11) is 0. The van der Waals surface area contributed by atoms with Crippen LogP contribution in [0.3, 0.4) is 0 Å². The van der Waals surface area contributed by atoms with Crippen molar-refractivity contribution in [3.8, 4) is 0 Å². The highest BCUT2D eigenvalue weighted by Crippen LogP contribution is 2.48. The van der Waals surface area contributed by atoms with E-state index in [1.165, 1.54) is 25.7 Å². The maximum absolute atomic E-state index is 2.36. The van der Waals surface area contributed by atoms with E-state index in [0.29, 0.717) is 0 Å². The van der Waals surface area contributed by atoms with Crippen LogP contribution >= 0.6 is 0 Å². The van der Waals surface area contributed by atoms with E-state index in [1.54, 1.807) is 22.3 Å². The molecular formula is C18H18. The Bertz CT molecular complexity index is 529. The molecule has 2 aromatic carbocycles. The number of fused-ring (bicyclic) bond motifs is 5. The van der Waals surface area contributed by atoms with Gasteiger partial charge in [-0.15, -0.1) is 0 Å². The molecular weight excluding hydrogens is 216 g/mol. The summed E-state index contributed by atoms with van der Waals surface area (Å²) >= 11 is 0. The molecule has 0 saturated carbocycles. The first-order chi connectivity index (χ1) is 8.93. The van der Waals surface area contributed by atoms with Crippen LogP contribution in [0.15, 0.2) is 48.5 Å². The number of hydrogen-bond acceptors (Lipinski definition) is 0. The first-order valence-electron chi connectivity index (χ1n) is 7.09. The maximum atomic E-state index is 2.36. The summed E-state index contributed by atoms with van der Waals surface area (Å²) in [6.07, 6.45) is 5.18. The standard InChI is InChI=1S/C18H18/c1-3-7-15-13(5-1)9-11-18-16-8-4-2-6-14(16)10-12-17(15)18/h1-8,17-18H,9-12H2/t17-,18-/m0/s1. The Kier molecular flexibility index (Phi) is 2.29. The van der Waals surface area contributed by atoms with Crippen molar-refractivity contribution in [3.63, 3.8) is 0 Å². The van der Waals surface area contributed by atoms with Crippen molar-refractivity contribution in [1.29, 1.82) is 0 Å². The minimum absolute atomic E-state index is 0.768. The van der Waals surface area contributed by atoms with Crippen molar-refractivity contribution < 1.29 is 0 Å². The Morgan fingerprint density at radius 2 is 1.06 bits per heavy atom. The molecule has 2 atom stereocenters. The van der Waals surface area contributed by atoms with Crippen LogP contribution in [-0.2, 0) is 12.8 Å². The van der Waals surface area contributed by atoms with Crippen LogP contribution in [0.5, 0.6) is 0 Å². The fraction of sp³-hybridized carbons (Fsp3) is 0.333. The molecule has 0 saturated heterocycles. The fourth-order valence-electron chi connectivity index (χ4n) is 4.02. The second-order valence-corrected chi connectivity index (χ2v) is 5.69. The molecule has 0 heterocycles. The lowest BCUT2D eigenvalue weighted by Crippen LogP contribution is -2.24. The molecule has 18 heavy (non-hydrogen) atoms. The van der Waals surface area contributed by atoms with Crippen LogP contribution in [-0.4, -0.2) is 0 Å². The van der Waals surface area contributed by atoms with E-state index in [-0.39, 0.29) is 0 Å². The van der Waals surface area contributed by atoms with Gasteiger partial charge in [-0.1, -0.05) is 48.5 Å². The summed E-state index contributed by atoms with van der Waals surface area (Å²) in [5.41, 5.74) is 6.45. The molecule has 0 fully saturated rings. The molecule has 0 heteroatoms. The predicted molar refractivity (Wildman–Crippen MR) is 75.0 cm³/mol. The Morgan fingerprint density at radius 3 is 1.56 bits per heavy atom. The van der Waals surface area contributed by atoms with Crippen LogP contribution in [0.4, 0.5) is 0 Å². The molecule has 0 amide bonds. The molecule has 0 nitrogen and oxygen atoms in total. The van der Waals surface area contributed by atoms with Gasteiger partial charge in [-0.05, 0) is 59.8 Å². The average Bonchev–Trinajstić information content (AvgIpc) is 2.46. The van der Waals surface area contributed by atoms with Crippen molar-refractivity contribution in [2.45, 2.75) is 37.5 Å². The third-order valence-corrected chi connectivity index (χ3v) is 4.84. The largest absolute Gasteiger partial charge is 0.0620 e. The highest BCUT2D eigenvalue weighted by atomic mass is 14.4. The normalized spacial score (nSPS) is 24.9. The van der Waals surface area contributed by atoms with Crippen molar-refractivity contribution in [2.75, 3.05) is 0 Å². The number of benzene rings is 2. The Hall–Kier alpha value is -1.56. The van der Waals surface area contributed by atoms with E-state index < -0.39 is 0 Å². The molecule has 0 aromatic heterocycles. The number of rotatable bonds is 0. The number of aryl methyl sites for hydroxylation is 2. The van der Waals surface area contributed by atoms with Gasteiger partial charge in [0.15, 0.2) is 0 Å². The second-order valence-electron chi connectivity index (χ2n) is 5.69. The van der Waals surface area contributed by atoms with E-state index in [9.17, 15) is 0 Å². The van der Waals surface area contributed by atoms with Crippen LogP contribution in [0.1, 0.15) is 46.9 Å². The van der Waals surface area contributed by atoms with Crippen molar-refractivity contribution in [3.05, 3.63) is 70.8 Å². The quantitative estimate of drug-likeness (QED) is 0.632. The highest BCUT2D eigenvalue weighted by Gasteiger charge is 2.34. The molecule has 4 rings (SSSR count). The summed E-state index contributed by atoms with van der Waals surface area (Å²) in [5, 5.41) is 0. The Labute approximate surface area is 109 Å². The first kappa shape index (κ1) is 10.4. The van der Waals surface area contributed by atoms with Gasteiger partial charge in [0, 0.05) is 0 Å². The van der Waals surface area contributed by atoms with Crippen molar-refractivity contribution in [2.24, 2.45) is 0 Å². The first-order valence-corrected chi connectivity index (χ1v) is 7.09. The van der Waals surface area contributed by atoms with Crippen molar-refractivity contribution >= 4 is 0 Å². The predicted octanol–water partition coefficient (Wildman–Crippen LogP) is 4.45. The van der Waals surface area contributed by atoms with Gasteiger partial charge in [0.05, 0.1) is 0 Å². The molecule has 0 radical (unpaired) electrons. The van der Waals surface area contributed by atoms with Crippen LogP contribution < -0.4 is 0 Å². The zero-order valence-electron chi connectivity index (χ0n) is 10.6. The summed E-state index contributed by atoms with van der Waals surface area (Å²) < 4.78 is 0. The minimum Gasteiger partial charge on any atom is -0.0620 e. The van der Waals surface area contributed by atoms with Crippen LogP contribution in [0, 0.1) is 0 Å². The average molecular weight is 234 g/mol. The molecule has 2 aliphatic carbocycles. The molecule has 2 aromatic rings. The van der Waals surface area contributed by atoms with Gasteiger partial charge in [0.25, 0.3) is 0 Å². The highest BCUT2D eigenvalue weighted by molar-refractivity contribution is 5.42. The summed E-state index contributed by atoms with van der Waals surface area (Å²) in [6.45, 7) is 0. The fourth-order valence-corrected chi connectivity index (χ4v) is 4.02. The maximum Gasteiger partial charge on any atom is -0.00870 e. The van der Waals surface area contributed by atoms with Crippen LogP contribution in [0.2, 0.25) is 0 Å². The molecule has 90 valence electrons. The molecule has 0 unspecified atom stereocenters. The Morgan fingerprint density at radius 1 is 0.611 bits per heavy atom. The lowest BCUT2D eigenvalue weighted by Gasteiger charge is -2.38. The van der Waals surface area contributed by atoms with Gasteiger partial charge < -0.3 is 0 Å². The van der Waals surface area contributed by atoms with E-state index in [2.05, 4.69) is 48.5 Å². The van der Waals surface area contributed by atoms with Gasteiger partial charge in [-0.2, -0.15) is 0 Å². The summed E-state index contributed by atoms with van der Waals surface area (Å²) in [6, 6.07) is 18.2. The third-order valence-electron chi connectivity index (χ3n) is 4.84. The zero-order chi connectivity index (χ0) is 11.9. The van der Waals surface area contributed by atoms with Gasteiger partial charge >= 0.3 is 0 Å². The molecule has 0 spiro atoms. The second kappa shape index (κ2) is 3.98. The summed E-state index contributed by atoms with van der Waals surface area (Å²) in [5.74, 6) is 1.54. The lowest BCUT2D eigenvalue weighted by molar-refractivity contribution is 0.425. The lowest BCUT2D eigenvalue weighted by atomic mass is 9.66. The van der Waals surface area contributed by atoms with E-state index in [1.807, 2.05) is 0 Å². The molecule has 0 N–H and O–H groups in total. The monoisotopic (exact) mass is 234 g/mol.